The molecule has 0 N–H and O–H groups in total. The maximum absolute atomic E-state index is 4.66. The SMILES string of the molecule is Brc1ccc(-n2cc(-c3ccccc3)c3c2ncn2cnnc32)cc1. The first kappa shape index (κ1) is 14.4. The van der Waals surface area contributed by atoms with Crippen LogP contribution in [-0.2, 0) is 0 Å². The Morgan fingerprint density at radius 2 is 1.64 bits per heavy atom. The number of nitrogens with zero attached hydrogens (tertiary/aromatic N) is 5. The highest BCUT2D eigenvalue weighted by Crippen LogP contribution is 2.33. The van der Waals surface area contributed by atoms with Gasteiger partial charge in [0.2, 0.25) is 0 Å². The summed E-state index contributed by atoms with van der Waals surface area (Å²) in [6.07, 6.45) is 5.54. The van der Waals surface area contributed by atoms with E-state index < -0.39 is 0 Å². The summed E-state index contributed by atoms with van der Waals surface area (Å²) in [5.74, 6) is 0. The summed E-state index contributed by atoms with van der Waals surface area (Å²) in [6, 6.07) is 18.5. The highest BCUT2D eigenvalue weighted by molar-refractivity contribution is 9.10. The van der Waals surface area contributed by atoms with E-state index in [4.69, 9.17) is 0 Å². The molecule has 0 saturated heterocycles. The lowest BCUT2D eigenvalue weighted by Gasteiger charge is -2.04. The van der Waals surface area contributed by atoms with Gasteiger partial charge in [0.25, 0.3) is 0 Å². The molecule has 5 rings (SSSR count). The second-order valence-corrected chi connectivity index (χ2v) is 6.68. The standard InChI is InChI=1S/C19H12BrN5/c20-14-6-8-15(9-7-14)25-10-16(13-4-2-1-3-5-13)17-18(25)21-11-24-12-22-23-19(17)24/h1-12H. The van der Waals surface area contributed by atoms with Crippen LogP contribution in [-0.4, -0.2) is 24.1 Å². The first-order valence-electron chi connectivity index (χ1n) is 7.82. The van der Waals surface area contributed by atoms with Crippen LogP contribution in [0.1, 0.15) is 0 Å². The Bertz CT molecular complexity index is 1190. The fraction of sp³-hybridized carbons (Fsp3) is 0. The quantitative estimate of drug-likeness (QED) is 0.446. The van der Waals surface area contributed by atoms with Gasteiger partial charge in [0.1, 0.15) is 12.7 Å². The molecule has 120 valence electrons. The first-order valence-corrected chi connectivity index (χ1v) is 8.61. The van der Waals surface area contributed by atoms with Gasteiger partial charge in [-0.25, -0.2) is 4.98 Å². The molecule has 0 unspecified atom stereocenters. The summed E-state index contributed by atoms with van der Waals surface area (Å²) < 4.78 is 4.99. The summed E-state index contributed by atoms with van der Waals surface area (Å²) in [5, 5.41) is 9.34. The van der Waals surface area contributed by atoms with Gasteiger partial charge in [0.15, 0.2) is 11.3 Å². The van der Waals surface area contributed by atoms with Crippen molar-refractivity contribution >= 4 is 32.6 Å². The monoisotopic (exact) mass is 389 g/mol. The van der Waals surface area contributed by atoms with Crippen molar-refractivity contribution < 1.29 is 0 Å². The summed E-state index contributed by atoms with van der Waals surface area (Å²) >= 11 is 3.49. The van der Waals surface area contributed by atoms with Crippen molar-refractivity contribution in [3.8, 4) is 16.8 Å². The minimum atomic E-state index is 0.805. The number of benzene rings is 2. The predicted molar refractivity (Wildman–Crippen MR) is 101 cm³/mol. The third-order valence-electron chi connectivity index (χ3n) is 4.27. The zero-order valence-electron chi connectivity index (χ0n) is 13.0. The molecule has 2 aromatic carbocycles. The van der Waals surface area contributed by atoms with Gasteiger partial charge in [-0.3, -0.25) is 4.40 Å². The van der Waals surface area contributed by atoms with Crippen molar-refractivity contribution in [1.82, 2.24) is 24.1 Å². The highest BCUT2D eigenvalue weighted by Gasteiger charge is 2.17. The van der Waals surface area contributed by atoms with Gasteiger partial charge in [-0.2, -0.15) is 0 Å². The molecule has 0 aliphatic heterocycles. The van der Waals surface area contributed by atoms with Crippen molar-refractivity contribution in [2.75, 3.05) is 0 Å². The van der Waals surface area contributed by atoms with Crippen molar-refractivity contribution in [1.29, 1.82) is 0 Å². The molecule has 0 aliphatic carbocycles. The molecule has 0 saturated carbocycles. The van der Waals surface area contributed by atoms with Gasteiger partial charge in [-0.1, -0.05) is 46.3 Å². The van der Waals surface area contributed by atoms with Gasteiger partial charge in [-0.05, 0) is 29.8 Å². The number of fused-ring (bicyclic) bond motifs is 3. The fourth-order valence-corrected chi connectivity index (χ4v) is 3.37. The van der Waals surface area contributed by atoms with Crippen molar-refractivity contribution in [2.45, 2.75) is 0 Å². The van der Waals surface area contributed by atoms with E-state index in [1.54, 1.807) is 12.7 Å². The average molecular weight is 390 g/mol. The van der Waals surface area contributed by atoms with E-state index in [0.29, 0.717) is 0 Å². The van der Waals surface area contributed by atoms with Gasteiger partial charge in [0.05, 0.1) is 5.39 Å². The molecule has 0 aliphatic rings. The fourth-order valence-electron chi connectivity index (χ4n) is 3.10. The second kappa shape index (κ2) is 5.53. The Kier molecular flexibility index (Phi) is 3.18. The molecule has 0 atom stereocenters. The van der Waals surface area contributed by atoms with E-state index >= 15 is 0 Å². The van der Waals surface area contributed by atoms with Gasteiger partial charge >= 0.3 is 0 Å². The van der Waals surface area contributed by atoms with Crippen molar-refractivity contribution in [3.05, 3.63) is 77.9 Å². The van der Waals surface area contributed by atoms with Crippen LogP contribution in [0.5, 0.6) is 0 Å². The largest absolute Gasteiger partial charge is 0.301 e. The lowest BCUT2D eigenvalue weighted by Crippen LogP contribution is -1.95. The summed E-state index contributed by atoms with van der Waals surface area (Å²) in [6.45, 7) is 0. The topological polar surface area (TPSA) is 48.0 Å². The van der Waals surface area contributed by atoms with Crippen LogP contribution in [0.3, 0.4) is 0 Å². The Hall–Kier alpha value is -2.99. The Labute approximate surface area is 151 Å². The molecule has 5 nitrogen and oxygen atoms in total. The zero-order chi connectivity index (χ0) is 16.8. The minimum Gasteiger partial charge on any atom is -0.301 e. The molecule has 0 fully saturated rings. The normalized spacial score (nSPS) is 11.4. The molecule has 0 spiro atoms. The number of halogens is 1. The Balaban J connectivity index is 1.89. The van der Waals surface area contributed by atoms with Gasteiger partial charge in [-0.15, -0.1) is 10.2 Å². The molecule has 3 heterocycles. The molecular weight excluding hydrogens is 378 g/mol. The van der Waals surface area contributed by atoms with Crippen LogP contribution in [0.25, 0.3) is 33.5 Å². The van der Waals surface area contributed by atoms with Crippen LogP contribution in [0.4, 0.5) is 0 Å². The Morgan fingerprint density at radius 3 is 2.44 bits per heavy atom. The minimum absolute atomic E-state index is 0.805. The second-order valence-electron chi connectivity index (χ2n) is 5.76. The maximum Gasteiger partial charge on any atom is 0.173 e. The molecule has 0 radical (unpaired) electrons. The average Bonchev–Trinajstić information content (AvgIpc) is 3.27. The third-order valence-corrected chi connectivity index (χ3v) is 4.80. The highest BCUT2D eigenvalue weighted by atomic mass is 79.9. The first-order chi connectivity index (χ1) is 12.3. The van der Waals surface area contributed by atoms with E-state index in [2.05, 4.69) is 66.1 Å². The number of rotatable bonds is 2. The molecule has 0 amide bonds. The number of aromatic nitrogens is 5. The van der Waals surface area contributed by atoms with E-state index in [1.165, 1.54) is 0 Å². The summed E-state index contributed by atoms with van der Waals surface area (Å²) in [4.78, 5) is 4.66. The lowest BCUT2D eigenvalue weighted by molar-refractivity contribution is 1.05. The molecule has 3 aromatic heterocycles. The van der Waals surface area contributed by atoms with E-state index in [9.17, 15) is 0 Å². The lowest BCUT2D eigenvalue weighted by atomic mass is 10.1. The molecule has 0 bridgehead atoms. The molecule has 25 heavy (non-hydrogen) atoms. The zero-order valence-corrected chi connectivity index (χ0v) is 14.6. The number of hydrogen-bond acceptors (Lipinski definition) is 3. The van der Waals surface area contributed by atoms with Crippen LogP contribution >= 0.6 is 15.9 Å². The van der Waals surface area contributed by atoms with Gasteiger partial charge in [0, 0.05) is 21.9 Å². The third kappa shape index (κ3) is 2.26. The summed E-state index contributed by atoms with van der Waals surface area (Å²) in [5.41, 5.74) is 4.93. The molecular formula is C19H12BrN5. The van der Waals surface area contributed by atoms with Crippen molar-refractivity contribution in [2.24, 2.45) is 0 Å². The van der Waals surface area contributed by atoms with Crippen LogP contribution in [0.2, 0.25) is 0 Å². The summed E-state index contributed by atoms with van der Waals surface area (Å²) in [7, 11) is 0. The van der Waals surface area contributed by atoms with Gasteiger partial charge < -0.3 is 4.57 Å². The van der Waals surface area contributed by atoms with Crippen LogP contribution in [0, 0.1) is 0 Å². The van der Waals surface area contributed by atoms with E-state index in [-0.39, 0.29) is 0 Å². The van der Waals surface area contributed by atoms with E-state index in [1.807, 2.05) is 34.7 Å². The van der Waals surface area contributed by atoms with E-state index in [0.717, 1.165) is 38.0 Å². The smallest absolute Gasteiger partial charge is 0.173 e. The number of hydrogen-bond donors (Lipinski definition) is 0. The van der Waals surface area contributed by atoms with Crippen molar-refractivity contribution in [3.63, 3.8) is 0 Å². The predicted octanol–water partition coefficient (Wildman–Crippen LogP) is 4.50. The maximum atomic E-state index is 4.66. The van der Waals surface area contributed by atoms with Crippen LogP contribution < -0.4 is 0 Å². The molecule has 5 aromatic rings. The molecule has 6 heteroatoms. The Morgan fingerprint density at radius 1 is 0.840 bits per heavy atom. The van der Waals surface area contributed by atoms with Crippen LogP contribution in [0.15, 0.2) is 77.9 Å².